The molecule has 4 atom stereocenters. The molecule has 0 spiro atoms. The van der Waals surface area contributed by atoms with Crippen LogP contribution in [0.1, 0.15) is 77.6 Å². The Balaban J connectivity index is 1.59. The van der Waals surface area contributed by atoms with E-state index in [1.54, 1.807) is 0 Å². The summed E-state index contributed by atoms with van der Waals surface area (Å²) < 4.78 is 11.8. The number of rotatable bonds is 5. The average molecular weight is 308 g/mol. The van der Waals surface area contributed by atoms with Crippen molar-refractivity contribution in [3.05, 3.63) is 0 Å². The molecule has 3 fully saturated rings. The van der Waals surface area contributed by atoms with E-state index in [1.807, 2.05) is 0 Å². The van der Waals surface area contributed by atoms with Gasteiger partial charge in [0.15, 0.2) is 5.78 Å². The summed E-state index contributed by atoms with van der Waals surface area (Å²) in [6.07, 6.45) is 13.3. The molecule has 3 rings (SSSR count). The fourth-order valence-corrected chi connectivity index (χ4v) is 4.82. The average Bonchev–Trinajstić information content (AvgIpc) is 2.91. The second kappa shape index (κ2) is 7.44. The third-order valence-electron chi connectivity index (χ3n) is 6.26. The fourth-order valence-electron chi connectivity index (χ4n) is 4.82. The molecule has 0 N–H and O–H groups in total. The van der Waals surface area contributed by atoms with Crippen LogP contribution in [0.25, 0.3) is 0 Å². The molecule has 0 aromatic carbocycles. The van der Waals surface area contributed by atoms with Crippen LogP contribution in [0, 0.1) is 11.8 Å². The van der Waals surface area contributed by atoms with Gasteiger partial charge in [-0.05, 0) is 56.8 Å². The van der Waals surface area contributed by atoms with Crippen LogP contribution >= 0.6 is 0 Å². The number of carbonyl (C=O) groups excluding carboxylic acids is 1. The van der Waals surface area contributed by atoms with Gasteiger partial charge in [-0.1, -0.05) is 32.6 Å². The van der Waals surface area contributed by atoms with Crippen LogP contribution in [-0.4, -0.2) is 30.7 Å². The zero-order valence-electron chi connectivity index (χ0n) is 14.1. The minimum Gasteiger partial charge on any atom is -0.370 e. The van der Waals surface area contributed by atoms with Crippen LogP contribution in [-0.2, 0) is 14.3 Å². The molecule has 2 saturated carbocycles. The maximum Gasteiger partial charge on any atom is 0.187 e. The van der Waals surface area contributed by atoms with Gasteiger partial charge in [0.1, 0.15) is 12.7 Å². The molecule has 1 saturated heterocycles. The standard InChI is InChI=1S/C19H32O3/c1-2-19(22-14-17(20)18-8-5-11-21-18)10-9-15-6-3-4-7-16(12-15)13-19/h15-16,18H,2-14H2,1H3/t15-,16-,18?,19+/m0/s1. The van der Waals surface area contributed by atoms with E-state index in [4.69, 9.17) is 9.47 Å². The van der Waals surface area contributed by atoms with Crippen molar-refractivity contribution in [1.82, 2.24) is 0 Å². The molecular weight excluding hydrogens is 276 g/mol. The molecule has 0 radical (unpaired) electrons. The molecule has 0 aromatic heterocycles. The summed E-state index contributed by atoms with van der Waals surface area (Å²) in [7, 11) is 0. The zero-order chi connectivity index (χ0) is 15.4. The number of hydrogen-bond acceptors (Lipinski definition) is 3. The monoisotopic (exact) mass is 308 g/mol. The highest BCUT2D eigenvalue weighted by Gasteiger charge is 2.38. The van der Waals surface area contributed by atoms with Gasteiger partial charge in [-0.2, -0.15) is 0 Å². The summed E-state index contributed by atoms with van der Waals surface area (Å²) in [5, 5.41) is 0. The minimum absolute atomic E-state index is 0.0506. The fraction of sp³-hybridized carbons (Fsp3) is 0.947. The molecule has 2 aliphatic carbocycles. The van der Waals surface area contributed by atoms with E-state index in [2.05, 4.69) is 6.92 Å². The summed E-state index contributed by atoms with van der Waals surface area (Å²) in [5.41, 5.74) is -0.0506. The first-order chi connectivity index (χ1) is 10.7. The number of fused-ring (bicyclic) bond motifs is 2. The van der Waals surface area contributed by atoms with Gasteiger partial charge >= 0.3 is 0 Å². The molecular formula is C19H32O3. The van der Waals surface area contributed by atoms with E-state index in [1.165, 1.54) is 44.9 Å². The predicted octanol–water partition coefficient (Wildman–Crippen LogP) is 4.28. The van der Waals surface area contributed by atoms with Crippen molar-refractivity contribution in [2.75, 3.05) is 13.2 Å². The zero-order valence-corrected chi connectivity index (χ0v) is 14.1. The lowest BCUT2D eigenvalue weighted by atomic mass is 9.84. The van der Waals surface area contributed by atoms with Crippen molar-refractivity contribution in [1.29, 1.82) is 0 Å². The van der Waals surface area contributed by atoms with Crippen LogP contribution in [0.2, 0.25) is 0 Å². The quantitative estimate of drug-likeness (QED) is 0.760. The summed E-state index contributed by atoms with van der Waals surface area (Å²) in [6.45, 7) is 3.23. The molecule has 126 valence electrons. The maximum absolute atomic E-state index is 12.3. The molecule has 1 unspecified atom stereocenters. The van der Waals surface area contributed by atoms with Gasteiger partial charge in [0.05, 0.1) is 5.60 Å². The van der Waals surface area contributed by atoms with E-state index < -0.39 is 0 Å². The van der Waals surface area contributed by atoms with E-state index in [-0.39, 0.29) is 24.1 Å². The Bertz CT molecular complexity index is 375. The lowest BCUT2D eigenvalue weighted by Crippen LogP contribution is -2.37. The summed E-state index contributed by atoms with van der Waals surface area (Å²) in [6, 6.07) is 0. The van der Waals surface area contributed by atoms with Gasteiger partial charge in [0.2, 0.25) is 0 Å². The second-order valence-electron chi connectivity index (χ2n) is 7.79. The maximum atomic E-state index is 12.3. The predicted molar refractivity (Wildman–Crippen MR) is 86.9 cm³/mol. The van der Waals surface area contributed by atoms with Crippen molar-refractivity contribution < 1.29 is 14.3 Å². The molecule has 1 heterocycles. The normalized spacial score (nSPS) is 39.2. The second-order valence-corrected chi connectivity index (χ2v) is 7.79. The summed E-state index contributed by atoms with van der Waals surface area (Å²) >= 11 is 0. The largest absolute Gasteiger partial charge is 0.370 e. The first-order valence-electron chi connectivity index (χ1n) is 9.49. The van der Waals surface area contributed by atoms with Gasteiger partial charge in [0, 0.05) is 6.61 Å². The third-order valence-corrected chi connectivity index (χ3v) is 6.26. The Hall–Kier alpha value is -0.410. The molecule has 0 aromatic rings. The van der Waals surface area contributed by atoms with Crippen LogP contribution in [0.4, 0.5) is 0 Å². The van der Waals surface area contributed by atoms with Gasteiger partial charge in [0.25, 0.3) is 0 Å². The highest BCUT2D eigenvalue weighted by molar-refractivity contribution is 5.84. The van der Waals surface area contributed by atoms with Crippen LogP contribution in [0.15, 0.2) is 0 Å². The Morgan fingerprint density at radius 1 is 1.14 bits per heavy atom. The highest BCUT2D eigenvalue weighted by Crippen LogP contribution is 2.43. The molecule has 0 amide bonds. The summed E-state index contributed by atoms with van der Waals surface area (Å²) in [4.78, 5) is 12.3. The smallest absolute Gasteiger partial charge is 0.187 e. The Morgan fingerprint density at radius 3 is 2.68 bits per heavy atom. The molecule has 2 bridgehead atoms. The Labute approximate surface area is 135 Å². The van der Waals surface area contributed by atoms with E-state index >= 15 is 0 Å². The molecule has 22 heavy (non-hydrogen) atoms. The van der Waals surface area contributed by atoms with Crippen molar-refractivity contribution in [2.45, 2.75) is 89.3 Å². The topological polar surface area (TPSA) is 35.5 Å². The number of ether oxygens (including phenoxy) is 2. The van der Waals surface area contributed by atoms with Crippen molar-refractivity contribution in [3.63, 3.8) is 0 Å². The lowest BCUT2D eigenvalue weighted by molar-refractivity contribution is -0.142. The van der Waals surface area contributed by atoms with Crippen LogP contribution < -0.4 is 0 Å². The van der Waals surface area contributed by atoms with Gasteiger partial charge in [-0.25, -0.2) is 0 Å². The first-order valence-corrected chi connectivity index (χ1v) is 9.49. The Morgan fingerprint density at radius 2 is 1.95 bits per heavy atom. The van der Waals surface area contributed by atoms with Gasteiger partial charge in [-0.3, -0.25) is 4.79 Å². The van der Waals surface area contributed by atoms with E-state index in [0.717, 1.165) is 44.1 Å². The highest BCUT2D eigenvalue weighted by atomic mass is 16.5. The van der Waals surface area contributed by atoms with E-state index in [0.29, 0.717) is 0 Å². The number of Topliss-reactive ketones (excluding diaryl/α,β-unsaturated/α-hetero) is 1. The van der Waals surface area contributed by atoms with Crippen LogP contribution in [0.5, 0.6) is 0 Å². The van der Waals surface area contributed by atoms with Gasteiger partial charge in [-0.15, -0.1) is 0 Å². The Kier molecular flexibility index (Phi) is 5.56. The van der Waals surface area contributed by atoms with Crippen molar-refractivity contribution in [2.24, 2.45) is 11.8 Å². The molecule has 3 heteroatoms. The SMILES string of the molecule is CC[C@@]1(OCC(=O)C2CCCO2)CC[C@@H]2CCCC[C@@H](C2)C1. The molecule has 3 nitrogen and oxygen atoms in total. The number of ketones is 1. The van der Waals surface area contributed by atoms with Gasteiger partial charge < -0.3 is 9.47 Å². The minimum atomic E-state index is -0.192. The lowest BCUT2D eigenvalue weighted by Gasteiger charge is -2.34. The molecule has 1 aliphatic heterocycles. The molecule has 3 aliphatic rings. The first kappa shape index (κ1) is 16.4. The van der Waals surface area contributed by atoms with E-state index in [9.17, 15) is 4.79 Å². The van der Waals surface area contributed by atoms with Crippen LogP contribution in [0.3, 0.4) is 0 Å². The van der Waals surface area contributed by atoms with Crippen molar-refractivity contribution in [3.8, 4) is 0 Å². The van der Waals surface area contributed by atoms with Crippen molar-refractivity contribution >= 4 is 5.78 Å². The number of hydrogen-bond donors (Lipinski definition) is 0. The third kappa shape index (κ3) is 3.91. The summed E-state index contributed by atoms with van der Waals surface area (Å²) in [5.74, 6) is 1.88. The number of carbonyl (C=O) groups is 1.